The zero-order chi connectivity index (χ0) is 30.0. The first-order chi connectivity index (χ1) is 20.1. The summed E-state index contributed by atoms with van der Waals surface area (Å²) in [6, 6.07) is 10.0. The van der Waals surface area contributed by atoms with Gasteiger partial charge in [0, 0.05) is 24.0 Å². The van der Waals surface area contributed by atoms with Gasteiger partial charge in [-0.2, -0.15) is 0 Å². The Morgan fingerprint density at radius 2 is 1.76 bits per heavy atom. The second-order valence-electron chi connectivity index (χ2n) is 10.8. The highest BCUT2D eigenvalue weighted by Crippen LogP contribution is 2.62. The summed E-state index contributed by atoms with van der Waals surface area (Å²) in [5.41, 5.74) is -2.31. The summed E-state index contributed by atoms with van der Waals surface area (Å²) < 4.78 is 40.6. The van der Waals surface area contributed by atoms with Crippen LogP contribution in [0.15, 0.2) is 59.6 Å². The molecule has 2 heterocycles. The number of methoxy groups -OCH3 is 2. The van der Waals surface area contributed by atoms with Gasteiger partial charge >= 0.3 is 11.9 Å². The van der Waals surface area contributed by atoms with Crippen molar-refractivity contribution < 1.29 is 52.6 Å². The predicted molar refractivity (Wildman–Crippen MR) is 144 cm³/mol. The molecule has 0 saturated carbocycles. The Balaban J connectivity index is 1.68. The van der Waals surface area contributed by atoms with Crippen LogP contribution in [0.5, 0.6) is 17.2 Å². The summed E-state index contributed by atoms with van der Waals surface area (Å²) in [6.07, 6.45) is -0.998. The molecule has 1 unspecified atom stereocenters. The zero-order valence-corrected chi connectivity index (χ0v) is 23.7. The highest BCUT2D eigenvalue weighted by atomic mass is 16.7. The largest absolute Gasteiger partial charge is 0.493 e. The molecular formula is C31H30O11. The fourth-order valence-corrected chi connectivity index (χ4v) is 6.31. The van der Waals surface area contributed by atoms with Gasteiger partial charge in [-0.15, -0.1) is 0 Å². The van der Waals surface area contributed by atoms with E-state index in [1.165, 1.54) is 34.1 Å². The molecule has 2 aliphatic heterocycles. The Morgan fingerprint density at radius 3 is 2.43 bits per heavy atom. The Morgan fingerprint density at radius 1 is 1.02 bits per heavy atom. The van der Waals surface area contributed by atoms with Gasteiger partial charge < -0.3 is 38.3 Å². The number of Topliss-reactive ketones (excluding diaryl/α,β-unsaturated/α-hetero) is 1. The first-order valence-corrected chi connectivity index (χ1v) is 13.4. The molecular weight excluding hydrogens is 548 g/mol. The molecule has 4 aliphatic rings. The minimum atomic E-state index is -1.88. The normalized spacial score (nSPS) is 28.9. The summed E-state index contributed by atoms with van der Waals surface area (Å²) in [7, 11) is 2.72. The molecule has 42 heavy (non-hydrogen) atoms. The number of allylic oxidation sites excluding steroid dienone is 2. The number of carbonyl (C=O) groups excluding carboxylic acids is 3. The molecule has 220 valence electrons. The van der Waals surface area contributed by atoms with Crippen LogP contribution in [0.2, 0.25) is 0 Å². The molecule has 5 atom stereocenters. The average Bonchev–Trinajstić information content (AvgIpc) is 3.61. The number of benzene rings is 2. The van der Waals surface area contributed by atoms with Gasteiger partial charge in [-0.3, -0.25) is 9.59 Å². The van der Waals surface area contributed by atoms with Crippen molar-refractivity contribution in [3.63, 3.8) is 0 Å². The van der Waals surface area contributed by atoms with Crippen LogP contribution in [0.25, 0.3) is 0 Å². The number of ether oxygens (including phenoxy) is 7. The van der Waals surface area contributed by atoms with Crippen LogP contribution in [0.4, 0.5) is 0 Å². The van der Waals surface area contributed by atoms with Crippen LogP contribution in [0.3, 0.4) is 0 Å². The number of esters is 2. The van der Waals surface area contributed by atoms with E-state index in [2.05, 4.69) is 0 Å². The van der Waals surface area contributed by atoms with Crippen molar-refractivity contribution in [2.24, 2.45) is 5.92 Å². The van der Waals surface area contributed by atoms with Crippen LogP contribution in [0.1, 0.15) is 48.4 Å². The van der Waals surface area contributed by atoms with Crippen molar-refractivity contribution in [3.05, 3.63) is 76.3 Å². The monoisotopic (exact) mass is 578 g/mol. The van der Waals surface area contributed by atoms with Crippen molar-refractivity contribution in [2.75, 3.05) is 27.6 Å². The molecule has 0 aromatic heterocycles. The number of aliphatic hydroxyl groups is 1. The molecule has 1 spiro atoms. The fraction of sp³-hybridized carbons (Fsp3) is 0.387. The predicted octanol–water partition coefficient (Wildman–Crippen LogP) is 3.29. The summed E-state index contributed by atoms with van der Waals surface area (Å²) in [5.74, 6) is -1.94. The smallest absolute Gasteiger partial charge is 0.338 e. The third kappa shape index (κ3) is 3.79. The first-order valence-electron chi connectivity index (χ1n) is 13.4. The number of ketones is 1. The Hall–Kier alpha value is -4.51. The highest BCUT2D eigenvalue weighted by molar-refractivity contribution is 6.09. The maximum atomic E-state index is 14.6. The molecule has 0 amide bonds. The van der Waals surface area contributed by atoms with Gasteiger partial charge in [0.15, 0.2) is 23.4 Å². The maximum Gasteiger partial charge on any atom is 0.338 e. The van der Waals surface area contributed by atoms with Gasteiger partial charge in [-0.1, -0.05) is 25.1 Å². The van der Waals surface area contributed by atoms with E-state index in [1.807, 2.05) is 0 Å². The van der Waals surface area contributed by atoms with Crippen molar-refractivity contribution >= 4 is 17.7 Å². The van der Waals surface area contributed by atoms with Gasteiger partial charge in [-0.05, 0) is 36.8 Å². The van der Waals surface area contributed by atoms with E-state index in [0.717, 1.165) is 0 Å². The first kappa shape index (κ1) is 27.6. The fourth-order valence-electron chi connectivity index (χ4n) is 6.31. The van der Waals surface area contributed by atoms with E-state index in [4.69, 9.17) is 33.2 Å². The number of fused-ring (bicyclic) bond motifs is 2. The van der Waals surface area contributed by atoms with Crippen LogP contribution in [-0.4, -0.2) is 62.2 Å². The second kappa shape index (κ2) is 9.80. The van der Waals surface area contributed by atoms with E-state index in [-0.39, 0.29) is 47.6 Å². The molecule has 0 bridgehead atoms. The Bertz CT molecular complexity index is 1550. The maximum absolute atomic E-state index is 14.6. The van der Waals surface area contributed by atoms with Crippen molar-refractivity contribution in [3.8, 4) is 17.2 Å². The molecule has 2 aliphatic carbocycles. The van der Waals surface area contributed by atoms with E-state index >= 15 is 0 Å². The van der Waals surface area contributed by atoms with Crippen molar-refractivity contribution in [1.29, 1.82) is 0 Å². The van der Waals surface area contributed by atoms with E-state index in [9.17, 15) is 19.5 Å². The lowest BCUT2D eigenvalue weighted by molar-refractivity contribution is -0.171. The molecule has 11 heteroatoms. The van der Waals surface area contributed by atoms with E-state index in [0.29, 0.717) is 16.9 Å². The summed E-state index contributed by atoms with van der Waals surface area (Å²) in [6.45, 7) is 4.03. The lowest BCUT2D eigenvalue weighted by Gasteiger charge is -2.48. The zero-order valence-electron chi connectivity index (χ0n) is 23.7. The number of hydrogen-bond donors (Lipinski definition) is 1. The third-order valence-corrected chi connectivity index (χ3v) is 8.55. The van der Waals surface area contributed by atoms with Gasteiger partial charge in [0.1, 0.15) is 23.7 Å². The average molecular weight is 579 g/mol. The molecule has 2 aromatic carbocycles. The van der Waals surface area contributed by atoms with E-state index < -0.39 is 46.9 Å². The summed E-state index contributed by atoms with van der Waals surface area (Å²) in [4.78, 5) is 40.6. The lowest BCUT2D eigenvalue weighted by atomic mass is 9.59. The quantitative estimate of drug-likeness (QED) is 0.524. The molecule has 0 fully saturated rings. The second-order valence-corrected chi connectivity index (χ2v) is 10.8. The Kier molecular flexibility index (Phi) is 6.45. The minimum Gasteiger partial charge on any atom is -0.493 e. The van der Waals surface area contributed by atoms with Crippen LogP contribution >= 0.6 is 0 Å². The van der Waals surface area contributed by atoms with Crippen LogP contribution in [-0.2, 0) is 34.0 Å². The third-order valence-electron chi connectivity index (χ3n) is 8.55. The highest BCUT2D eigenvalue weighted by Gasteiger charge is 2.64. The minimum absolute atomic E-state index is 0.0889. The molecule has 6 rings (SSSR count). The van der Waals surface area contributed by atoms with Crippen LogP contribution < -0.4 is 14.2 Å². The molecule has 0 radical (unpaired) electrons. The molecule has 11 nitrogen and oxygen atoms in total. The van der Waals surface area contributed by atoms with E-state index in [1.54, 1.807) is 43.3 Å². The molecule has 2 aromatic rings. The Labute approximate surface area is 241 Å². The van der Waals surface area contributed by atoms with Gasteiger partial charge in [-0.25, -0.2) is 4.79 Å². The molecule has 1 N–H and O–H groups in total. The number of rotatable bonds is 5. The topological polar surface area (TPSA) is 136 Å². The van der Waals surface area contributed by atoms with Crippen LogP contribution in [0, 0.1) is 5.92 Å². The number of carbonyl (C=O) groups is 3. The van der Waals surface area contributed by atoms with Crippen molar-refractivity contribution in [1.82, 2.24) is 0 Å². The van der Waals surface area contributed by atoms with Gasteiger partial charge in [0.2, 0.25) is 24.1 Å². The molecule has 0 saturated heterocycles. The standard InChI is InChI=1S/C31H30O11/c1-15-23(42-29(34)17-9-7-6-8-10-17)18-11-21-24(40-14-39-21)26-22(18)31(13-38-26)19(28(30(15,3)35)41-16(2)32)12-20(36-4)25(37-5)27(31)33/h6-12,15,23,28,35H,13-14H2,1-5H3/t15-,23-,28-,30-,31?/m0/s1. The van der Waals surface area contributed by atoms with Gasteiger partial charge in [0.05, 0.1) is 19.8 Å². The SMILES string of the molecule is COC1=C(OC)C(=O)C23COc4c5c(cc(c42)[C@@H](OC(=O)c2ccccc2)[C@H](C)[C@](C)(O)[C@@H](OC(C)=O)C3=C1)OCO5. The van der Waals surface area contributed by atoms with Gasteiger partial charge in [0.25, 0.3) is 0 Å². The lowest BCUT2D eigenvalue weighted by Crippen LogP contribution is -2.58. The summed E-state index contributed by atoms with van der Waals surface area (Å²) >= 11 is 0. The number of hydrogen-bond acceptors (Lipinski definition) is 11. The summed E-state index contributed by atoms with van der Waals surface area (Å²) in [5, 5.41) is 12.3. The van der Waals surface area contributed by atoms with Crippen molar-refractivity contribution in [2.45, 2.75) is 44.0 Å².